The van der Waals surface area contributed by atoms with Crippen molar-refractivity contribution in [3.8, 4) is 0 Å². The van der Waals surface area contributed by atoms with Crippen molar-refractivity contribution in [2.45, 2.75) is 6.92 Å². The first-order chi connectivity index (χ1) is 7.00. The number of fused-ring (bicyclic) bond motifs is 1. The van der Waals surface area contributed by atoms with Crippen LogP contribution in [0.4, 0.5) is 8.78 Å². The van der Waals surface area contributed by atoms with E-state index in [2.05, 4.69) is 25.9 Å². The standard InChI is InChI=1S/C9H4BrClF2N2/c1-3-4-2-5(12)6(10)7(13)8(4)15-9(11)14-3/h2H,1H3. The average molecular weight is 293 g/mol. The molecule has 1 aromatic carbocycles. The van der Waals surface area contributed by atoms with E-state index in [0.717, 1.165) is 0 Å². The van der Waals surface area contributed by atoms with Crippen LogP contribution in [-0.4, -0.2) is 9.97 Å². The number of aryl methyl sites for hydroxylation is 1. The fraction of sp³-hybridized carbons (Fsp3) is 0.111. The van der Waals surface area contributed by atoms with Gasteiger partial charge < -0.3 is 0 Å². The number of hydrogen-bond acceptors (Lipinski definition) is 2. The van der Waals surface area contributed by atoms with Crippen LogP contribution in [0.5, 0.6) is 0 Å². The number of rotatable bonds is 0. The van der Waals surface area contributed by atoms with Crippen LogP contribution in [0, 0.1) is 18.6 Å². The van der Waals surface area contributed by atoms with E-state index in [-0.39, 0.29) is 15.3 Å². The summed E-state index contributed by atoms with van der Waals surface area (Å²) in [7, 11) is 0. The largest absolute Gasteiger partial charge is 0.223 e. The summed E-state index contributed by atoms with van der Waals surface area (Å²) in [5.74, 6) is -1.45. The van der Waals surface area contributed by atoms with E-state index < -0.39 is 11.6 Å². The molecule has 15 heavy (non-hydrogen) atoms. The molecule has 1 aromatic heterocycles. The maximum atomic E-state index is 13.6. The second-order valence-corrected chi connectivity index (χ2v) is 4.09. The highest BCUT2D eigenvalue weighted by Gasteiger charge is 2.15. The summed E-state index contributed by atoms with van der Waals surface area (Å²) < 4.78 is 26.6. The molecule has 0 aliphatic rings. The Labute approximate surface area is 97.4 Å². The predicted molar refractivity (Wildman–Crippen MR) is 56.9 cm³/mol. The molecule has 0 N–H and O–H groups in total. The maximum absolute atomic E-state index is 13.6. The third-order valence-corrected chi connectivity index (χ3v) is 2.89. The Morgan fingerprint density at radius 2 is 2.00 bits per heavy atom. The van der Waals surface area contributed by atoms with E-state index >= 15 is 0 Å². The molecule has 0 aliphatic heterocycles. The van der Waals surface area contributed by atoms with Crippen LogP contribution < -0.4 is 0 Å². The molecular weight excluding hydrogens is 289 g/mol. The Morgan fingerprint density at radius 1 is 1.33 bits per heavy atom. The second kappa shape index (κ2) is 3.64. The normalized spacial score (nSPS) is 11.0. The predicted octanol–water partition coefficient (Wildman–Crippen LogP) is 3.63. The first-order valence-corrected chi connectivity index (χ1v) is 5.15. The highest BCUT2D eigenvalue weighted by Crippen LogP contribution is 2.28. The monoisotopic (exact) mass is 292 g/mol. The zero-order valence-corrected chi connectivity index (χ0v) is 9.83. The molecular formula is C9H4BrClF2N2. The van der Waals surface area contributed by atoms with Gasteiger partial charge in [-0.25, -0.2) is 18.7 Å². The van der Waals surface area contributed by atoms with Crippen LogP contribution in [-0.2, 0) is 0 Å². The molecule has 0 radical (unpaired) electrons. The Hall–Kier alpha value is -0.810. The van der Waals surface area contributed by atoms with E-state index in [0.29, 0.717) is 11.1 Å². The quantitative estimate of drug-likeness (QED) is 0.547. The van der Waals surface area contributed by atoms with Crippen molar-refractivity contribution in [3.05, 3.63) is 33.2 Å². The molecule has 0 unspecified atom stereocenters. The van der Waals surface area contributed by atoms with Gasteiger partial charge in [-0.05, 0) is 40.5 Å². The van der Waals surface area contributed by atoms with Crippen LogP contribution in [0.2, 0.25) is 5.28 Å². The zero-order valence-electron chi connectivity index (χ0n) is 7.48. The van der Waals surface area contributed by atoms with Gasteiger partial charge in [0.05, 0.1) is 10.2 Å². The van der Waals surface area contributed by atoms with E-state index in [1.54, 1.807) is 6.92 Å². The number of nitrogens with zero attached hydrogens (tertiary/aromatic N) is 2. The summed E-state index contributed by atoms with van der Waals surface area (Å²) in [6.45, 7) is 1.61. The van der Waals surface area contributed by atoms with Gasteiger partial charge in [0.2, 0.25) is 5.28 Å². The van der Waals surface area contributed by atoms with E-state index in [9.17, 15) is 8.78 Å². The molecule has 0 fully saturated rings. The highest BCUT2D eigenvalue weighted by atomic mass is 79.9. The van der Waals surface area contributed by atoms with Crippen LogP contribution in [0.15, 0.2) is 10.5 Å². The van der Waals surface area contributed by atoms with Crippen LogP contribution in [0.1, 0.15) is 5.69 Å². The molecule has 0 spiro atoms. The van der Waals surface area contributed by atoms with Crippen LogP contribution in [0.3, 0.4) is 0 Å². The Balaban J connectivity index is 2.98. The van der Waals surface area contributed by atoms with Gasteiger partial charge >= 0.3 is 0 Å². The van der Waals surface area contributed by atoms with Crippen molar-refractivity contribution in [1.82, 2.24) is 9.97 Å². The average Bonchev–Trinajstić information content (AvgIpc) is 2.17. The van der Waals surface area contributed by atoms with E-state index in [1.165, 1.54) is 6.07 Å². The molecule has 0 saturated heterocycles. The summed E-state index contributed by atoms with van der Waals surface area (Å²) in [6.07, 6.45) is 0. The molecule has 1 heterocycles. The Morgan fingerprint density at radius 3 is 2.67 bits per heavy atom. The van der Waals surface area contributed by atoms with Crippen molar-refractivity contribution in [3.63, 3.8) is 0 Å². The molecule has 0 atom stereocenters. The first kappa shape index (κ1) is 10.7. The van der Waals surface area contributed by atoms with Gasteiger partial charge in [-0.1, -0.05) is 0 Å². The fourth-order valence-corrected chi connectivity index (χ4v) is 1.80. The van der Waals surface area contributed by atoms with Gasteiger partial charge in [0.1, 0.15) is 11.3 Å². The summed E-state index contributed by atoms with van der Waals surface area (Å²) in [5, 5.41) is 0.259. The van der Waals surface area contributed by atoms with Crippen LogP contribution in [0.25, 0.3) is 10.9 Å². The third-order valence-electron chi connectivity index (χ3n) is 1.99. The Kier molecular flexibility index (Phi) is 2.60. The van der Waals surface area contributed by atoms with Crippen molar-refractivity contribution in [2.24, 2.45) is 0 Å². The molecule has 2 aromatic rings. The van der Waals surface area contributed by atoms with Crippen molar-refractivity contribution in [2.75, 3.05) is 0 Å². The zero-order chi connectivity index (χ0) is 11.2. The minimum Gasteiger partial charge on any atom is -0.223 e. The lowest BCUT2D eigenvalue weighted by Crippen LogP contribution is -1.95. The van der Waals surface area contributed by atoms with Gasteiger partial charge in [-0.3, -0.25) is 0 Å². The lowest BCUT2D eigenvalue weighted by molar-refractivity contribution is 0.578. The molecule has 0 amide bonds. The van der Waals surface area contributed by atoms with Gasteiger partial charge in [0.25, 0.3) is 0 Å². The fourth-order valence-electron chi connectivity index (χ4n) is 1.29. The van der Waals surface area contributed by atoms with Crippen molar-refractivity contribution < 1.29 is 8.78 Å². The molecule has 2 rings (SSSR count). The number of halogens is 4. The summed E-state index contributed by atoms with van der Waals surface area (Å²) in [6, 6.07) is 1.17. The lowest BCUT2D eigenvalue weighted by atomic mass is 10.2. The summed E-state index contributed by atoms with van der Waals surface area (Å²) in [4.78, 5) is 7.54. The highest BCUT2D eigenvalue weighted by molar-refractivity contribution is 9.10. The number of benzene rings is 1. The molecule has 78 valence electrons. The Bertz CT molecular complexity index is 560. The van der Waals surface area contributed by atoms with Crippen molar-refractivity contribution >= 4 is 38.4 Å². The van der Waals surface area contributed by atoms with Gasteiger partial charge in [-0.15, -0.1) is 0 Å². The molecule has 0 bridgehead atoms. The van der Waals surface area contributed by atoms with Crippen molar-refractivity contribution in [1.29, 1.82) is 0 Å². The topological polar surface area (TPSA) is 25.8 Å². The van der Waals surface area contributed by atoms with E-state index in [4.69, 9.17) is 11.6 Å². The SMILES string of the molecule is Cc1nc(Cl)nc2c(F)c(Br)c(F)cc12. The molecule has 2 nitrogen and oxygen atoms in total. The van der Waals surface area contributed by atoms with Gasteiger partial charge in [-0.2, -0.15) is 0 Å². The molecule has 0 aliphatic carbocycles. The maximum Gasteiger partial charge on any atom is 0.223 e. The summed E-state index contributed by atoms with van der Waals surface area (Å²) in [5.41, 5.74) is 0.455. The number of hydrogen-bond donors (Lipinski definition) is 0. The van der Waals surface area contributed by atoms with Gasteiger partial charge in [0.15, 0.2) is 5.82 Å². The lowest BCUT2D eigenvalue weighted by Gasteiger charge is -2.04. The van der Waals surface area contributed by atoms with Crippen LogP contribution >= 0.6 is 27.5 Å². The molecule has 6 heteroatoms. The minimum absolute atomic E-state index is 0.0146. The second-order valence-electron chi connectivity index (χ2n) is 2.96. The summed E-state index contributed by atoms with van der Waals surface area (Å²) >= 11 is 8.39. The third kappa shape index (κ3) is 1.70. The first-order valence-electron chi connectivity index (χ1n) is 3.98. The van der Waals surface area contributed by atoms with E-state index in [1.807, 2.05) is 0 Å². The smallest absolute Gasteiger partial charge is 0.223 e. The minimum atomic E-state index is -0.766. The van der Waals surface area contributed by atoms with Gasteiger partial charge in [0, 0.05) is 5.39 Å². The molecule has 0 saturated carbocycles. The number of aromatic nitrogens is 2.